The summed E-state index contributed by atoms with van der Waals surface area (Å²) >= 11 is 0. The van der Waals surface area contributed by atoms with E-state index >= 15 is 0 Å². The molecule has 1 aromatic rings. The number of aryl methyl sites for hydroxylation is 1. The molecule has 0 saturated heterocycles. The minimum Gasteiger partial charge on any atom is -0.356 e. The molecule has 0 atom stereocenters. The van der Waals surface area contributed by atoms with E-state index in [4.69, 9.17) is 0 Å². The fourth-order valence-corrected chi connectivity index (χ4v) is 1.85. The third-order valence-corrected chi connectivity index (χ3v) is 3.41. The van der Waals surface area contributed by atoms with Gasteiger partial charge in [0.15, 0.2) is 0 Å². The lowest BCUT2D eigenvalue weighted by Gasteiger charge is -2.25. The van der Waals surface area contributed by atoms with Crippen LogP contribution in [-0.2, 0) is 10.2 Å². The quantitative estimate of drug-likeness (QED) is 0.848. The van der Waals surface area contributed by atoms with E-state index in [1.165, 1.54) is 11.1 Å². The molecular weight excluding hydrogens is 222 g/mol. The molecule has 0 aromatic heterocycles. The van der Waals surface area contributed by atoms with Gasteiger partial charge in [0.2, 0.25) is 5.91 Å². The van der Waals surface area contributed by atoms with Gasteiger partial charge in [0, 0.05) is 12.5 Å². The fraction of sp³-hybridized carbons (Fsp3) is 0.562. The van der Waals surface area contributed by atoms with Gasteiger partial charge in [-0.2, -0.15) is 0 Å². The van der Waals surface area contributed by atoms with Gasteiger partial charge in [-0.25, -0.2) is 0 Å². The van der Waals surface area contributed by atoms with Gasteiger partial charge in [0.25, 0.3) is 0 Å². The Balaban J connectivity index is 2.54. The summed E-state index contributed by atoms with van der Waals surface area (Å²) < 4.78 is 0. The molecule has 1 amide bonds. The molecule has 0 aliphatic rings. The largest absolute Gasteiger partial charge is 0.356 e. The number of amides is 1. The number of benzene rings is 1. The van der Waals surface area contributed by atoms with Crippen LogP contribution in [0.25, 0.3) is 0 Å². The molecule has 0 aliphatic heterocycles. The molecule has 0 radical (unpaired) electrons. The van der Waals surface area contributed by atoms with Gasteiger partial charge in [0.1, 0.15) is 0 Å². The first kappa shape index (κ1) is 14.7. The monoisotopic (exact) mass is 247 g/mol. The number of carbonyl (C=O) groups excluding carboxylic acids is 1. The topological polar surface area (TPSA) is 29.1 Å². The highest BCUT2D eigenvalue weighted by Gasteiger charge is 2.20. The fourth-order valence-electron chi connectivity index (χ4n) is 1.85. The van der Waals surface area contributed by atoms with E-state index in [2.05, 4.69) is 50.4 Å². The Morgan fingerprint density at radius 1 is 1.22 bits per heavy atom. The third-order valence-electron chi connectivity index (χ3n) is 3.41. The Hall–Kier alpha value is -1.31. The van der Waals surface area contributed by atoms with E-state index in [1.54, 1.807) is 0 Å². The molecule has 1 aromatic carbocycles. The SMILES string of the molecule is Cc1ccc(C(C)(C)CCNC(=O)C(C)C)cc1. The second-order valence-electron chi connectivity index (χ2n) is 5.95. The molecule has 0 bridgehead atoms. The van der Waals surface area contributed by atoms with Crippen LogP contribution in [0, 0.1) is 12.8 Å². The van der Waals surface area contributed by atoms with Crippen LogP contribution >= 0.6 is 0 Å². The van der Waals surface area contributed by atoms with Crippen molar-refractivity contribution in [2.75, 3.05) is 6.54 Å². The highest BCUT2D eigenvalue weighted by molar-refractivity contribution is 5.77. The van der Waals surface area contributed by atoms with Gasteiger partial charge in [-0.3, -0.25) is 4.79 Å². The van der Waals surface area contributed by atoms with Crippen molar-refractivity contribution in [2.45, 2.75) is 46.5 Å². The van der Waals surface area contributed by atoms with Crippen LogP contribution < -0.4 is 5.32 Å². The first-order chi connectivity index (χ1) is 8.33. The molecule has 0 unspecified atom stereocenters. The van der Waals surface area contributed by atoms with Crippen LogP contribution in [0.15, 0.2) is 24.3 Å². The lowest BCUT2D eigenvalue weighted by atomic mass is 9.81. The third kappa shape index (κ3) is 4.17. The predicted molar refractivity (Wildman–Crippen MR) is 76.7 cm³/mol. The molecule has 2 heteroatoms. The van der Waals surface area contributed by atoms with Gasteiger partial charge >= 0.3 is 0 Å². The molecule has 0 aliphatic carbocycles. The number of hydrogen-bond donors (Lipinski definition) is 1. The van der Waals surface area contributed by atoms with E-state index in [0.717, 1.165) is 13.0 Å². The minimum atomic E-state index is 0.0625. The summed E-state index contributed by atoms with van der Waals surface area (Å²) in [6, 6.07) is 8.65. The summed E-state index contributed by atoms with van der Waals surface area (Å²) in [5.74, 6) is 0.196. The molecule has 18 heavy (non-hydrogen) atoms. The van der Waals surface area contributed by atoms with E-state index in [9.17, 15) is 4.79 Å². The van der Waals surface area contributed by atoms with Gasteiger partial charge in [-0.15, -0.1) is 0 Å². The number of carbonyl (C=O) groups is 1. The maximum absolute atomic E-state index is 11.5. The average Bonchev–Trinajstić information content (AvgIpc) is 2.29. The van der Waals surface area contributed by atoms with Crippen LogP contribution in [0.5, 0.6) is 0 Å². The lowest BCUT2D eigenvalue weighted by Crippen LogP contribution is -2.32. The van der Waals surface area contributed by atoms with Crippen LogP contribution in [0.4, 0.5) is 0 Å². The Kier molecular flexibility index (Phi) is 4.94. The molecule has 0 fully saturated rings. The number of rotatable bonds is 5. The maximum Gasteiger partial charge on any atom is 0.222 e. The Bertz CT molecular complexity index is 390. The summed E-state index contributed by atoms with van der Waals surface area (Å²) in [6.45, 7) is 11.1. The standard InChI is InChI=1S/C16H25NO/c1-12(2)15(18)17-11-10-16(4,5)14-8-6-13(3)7-9-14/h6-9,12H,10-11H2,1-5H3,(H,17,18). The first-order valence-corrected chi connectivity index (χ1v) is 6.68. The van der Waals surface area contributed by atoms with Crippen molar-refractivity contribution in [1.29, 1.82) is 0 Å². The van der Waals surface area contributed by atoms with Gasteiger partial charge in [-0.05, 0) is 24.3 Å². The normalized spacial score (nSPS) is 11.7. The zero-order chi connectivity index (χ0) is 13.8. The van der Waals surface area contributed by atoms with Crippen molar-refractivity contribution in [3.63, 3.8) is 0 Å². The molecule has 0 saturated carbocycles. The van der Waals surface area contributed by atoms with E-state index in [0.29, 0.717) is 0 Å². The molecule has 0 heterocycles. The maximum atomic E-state index is 11.5. The van der Waals surface area contributed by atoms with Crippen LogP contribution in [0.3, 0.4) is 0 Å². The Morgan fingerprint density at radius 3 is 2.28 bits per heavy atom. The van der Waals surface area contributed by atoms with Crippen LogP contribution in [-0.4, -0.2) is 12.5 Å². The molecule has 1 rings (SSSR count). The van der Waals surface area contributed by atoms with Gasteiger partial charge in [-0.1, -0.05) is 57.5 Å². The molecule has 0 spiro atoms. The summed E-state index contributed by atoms with van der Waals surface area (Å²) in [7, 11) is 0. The van der Waals surface area contributed by atoms with Crippen molar-refractivity contribution < 1.29 is 4.79 Å². The van der Waals surface area contributed by atoms with Gasteiger partial charge in [0.05, 0.1) is 0 Å². The van der Waals surface area contributed by atoms with Crippen molar-refractivity contribution in [3.05, 3.63) is 35.4 Å². The zero-order valence-electron chi connectivity index (χ0n) is 12.2. The van der Waals surface area contributed by atoms with E-state index in [1.807, 2.05) is 13.8 Å². The van der Waals surface area contributed by atoms with Gasteiger partial charge < -0.3 is 5.32 Å². The minimum absolute atomic E-state index is 0.0625. The second-order valence-corrected chi connectivity index (χ2v) is 5.95. The molecule has 1 N–H and O–H groups in total. The first-order valence-electron chi connectivity index (χ1n) is 6.68. The highest BCUT2D eigenvalue weighted by Crippen LogP contribution is 2.26. The van der Waals surface area contributed by atoms with Crippen molar-refractivity contribution in [3.8, 4) is 0 Å². The molecule has 2 nitrogen and oxygen atoms in total. The summed E-state index contributed by atoms with van der Waals surface area (Å²) in [5.41, 5.74) is 2.70. The Morgan fingerprint density at radius 2 is 1.78 bits per heavy atom. The van der Waals surface area contributed by atoms with Crippen molar-refractivity contribution in [1.82, 2.24) is 5.32 Å². The smallest absolute Gasteiger partial charge is 0.222 e. The Labute approximate surface area is 111 Å². The van der Waals surface area contributed by atoms with Crippen molar-refractivity contribution >= 4 is 5.91 Å². The number of nitrogens with one attached hydrogen (secondary N) is 1. The van der Waals surface area contributed by atoms with Crippen LogP contribution in [0.1, 0.15) is 45.2 Å². The summed E-state index contributed by atoms with van der Waals surface area (Å²) in [6.07, 6.45) is 0.953. The number of hydrogen-bond acceptors (Lipinski definition) is 1. The molecule has 100 valence electrons. The summed E-state index contributed by atoms with van der Waals surface area (Å²) in [5, 5.41) is 2.98. The van der Waals surface area contributed by atoms with E-state index in [-0.39, 0.29) is 17.2 Å². The van der Waals surface area contributed by atoms with E-state index < -0.39 is 0 Å². The zero-order valence-corrected chi connectivity index (χ0v) is 12.2. The van der Waals surface area contributed by atoms with Crippen LogP contribution in [0.2, 0.25) is 0 Å². The summed E-state index contributed by atoms with van der Waals surface area (Å²) in [4.78, 5) is 11.5. The van der Waals surface area contributed by atoms with Crippen molar-refractivity contribution in [2.24, 2.45) is 5.92 Å². The second kappa shape index (κ2) is 6.03. The molecular formula is C16H25NO. The predicted octanol–water partition coefficient (Wildman–Crippen LogP) is 3.43. The average molecular weight is 247 g/mol. The lowest BCUT2D eigenvalue weighted by molar-refractivity contribution is -0.124. The highest BCUT2D eigenvalue weighted by atomic mass is 16.1.